The van der Waals surface area contributed by atoms with Crippen LogP contribution in [0.25, 0.3) is 0 Å². The van der Waals surface area contributed by atoms with E-state index in [-0.39, 0.29) is 24.8 Å². The normalized spacial score (nSPS) is 18.0. The zero-order chi connectivity index (χ0) is 9.84. The molecule has 0 atom stereocenters. The van der Waals surface area contributed by atoms with Gasteiger partial charge in [0.25, 0.3) is 0 Å². The van der Waals surface area contributed by atoms with E-state index < -0.39 is 5.91 Å². The van der Waals surface area contributed by atoms with Crippen molar-refractivity contribution in [2.75, 3.05) is 19.6 Å². The van der Waals surface area contributed by atoms with Crippen molar-refractivity contribution in [3.05, 3.63) is 0 Å². The number of hydrogen-bond donors (Lipinski definition) is 2. The van der Waals surface area contributed by atoms with E-state index in [1.807, 2.05) is 0 Å². The fourth-order valence-electron chi connectivity index (χ4n) is 1.12. The average molecular weight is 185 g/mol. The Bertz CT molecular complexity index is 251. The highest BCUT2D eigenvalue weighted by atomic mass is 16.2. The quantitative estimate of drug-likeness (QED) is 0.479. The topological polar surface area (TPSA) is 92.5 Å². The molecule has 3 N–H and O–H groups in total. The summed E-state index contributed by atoms with van der Waals surface area (Å²) in [5.41, 5.74) is 4.93. The number of hydrogen-bond acceptors (Lipinski definition) is 3. The minimum absolute atomic E-state index is 0.117. The first-order valence-electron chi connectivity index (χ1n) is 3.92. The molecule has 6 heteroatoms. The number of nitrogens with two attached hydrogens (primary N) is 1. The van der Waals surface area contributed by atoms with Crippen molar-refractivity contribution >= 4 is 17.7 Å². The van der Waals surface area contributed by atoms with Gasteiger partial charge in [-0.25, -0.2) is 0 Å². The van der Waals surface area contributed by atoms with Gasteiger partial charge in [-0.3, -0.25) is 14.4 Å². The van der Waals surface area contributed by atoms with Gasteiger partial charge in [0.1, 0.15) is 6.42 Å². The Hall–Kier alpha value is -1.59. The summed E-state index contributed by atoms with van der Waals surface area (Å²) >= 11 is 0. The lowest BCUT2D eigenvalue weighted by Crippen LogP contribution is -2.39. The first-order valence-corrected chi connectivity index (χ1v) is 3.92. The van der Waals surface area contributed by atoms with Crippen LogP contribution in [0.15, 0.2) is 0 Å². The maximum absolute atomic E-state index is 11.2. The fraction of sp³-hybridized carbons (Fsp3) is 0.571. The molecule has 6 nitrogen and oxygen atoms in total. The predicted molar refractivity (Wildman–Crippen MR) is 43.4 cm³/mol. The van der Waals surface area contributed by atoms with Crippen LogP contribution in [0.5, 0.6) is 0 Å². The molecule has 1 rings (SSSR count). The highest BCUT2D eigenvalue weighted by Crippen LogP contribution is 1.97. The SMILES string of the molecule is NC(=O)CN1CCNC(=O)CC1=O. The molecule has 1 saturated heterocycles. The molecule has 13 heavy (non-hydrogen) atoms. The van der Waals surface area contributed by atoms with Crippen molar-refractivity contribution in [2.24, 2.45) is 5.73 Å². The van der Waals surface area contributed by atoms with Crippen LogP contribution in [-0.4, -0.2) is 42.3 Å². The minimum Gasteiger partial charge on any atom is -0.368 e. The van der Waals surface area contributed by atoms with Crippen LogP contribution in [0.4, 0.5) is 0 Å². The molecule has 3 amide bonds. The lowest BCUT2D eigenvalue weighted by molar-refractivity contribution is -0.137. The molecule has 0 spiro atoms. The molecular formula is C7H11N3O3. The summed E-state index contributed by atoms with van der Waals surface area (Å²) in [6.45, 7) is 0.596. The van der Waals surface area contributed by atoms with Gasteiger partial charge in [-0.05, 0) is 0 Å². The highest BCUT2D eigenvalue weighted by molar-refractivity contribution is 5.98. The third-order valence-corrected chi connectivity index (χ3v) is 1.72. The number of rotatable bonds is 2. The van der Waals surface area contributed by atoms with Crippen molar-refractivity contribution in [1.29, 1.82) is 0 Å². The summed E-state index contributed by atoms with van der Waals surface area (Å²) in [5, 5.41) is 2.52. The molecule has 1 aliphatic rings. The number of primary amides is 1. The van der Waals surface area contributed by atoms with Crippen molar-refractivity contribution in [1.82, 2.24) is 10.2 Å². The first kappa shape index (κ1) is 9.50. The standard InChI is InChI=1S/C7H11N3O3/c8-5(11)4-10-2-1-9-6(12)3-7(10)13/h1-4H2,(H2,8,11)(H,9,12). The Balaban J connectivity index is 2.58. The van der Waals surface area contributed by atoms with E-state index in [0.29, 0.717) is 13.1 Å². The Labute approximate surface area is 75.1 Å². The van der Waals surface area contributed by atoms with Gasteiger partial charge in [-0.2, -0.15) is 0 Å². The monoisotopic (exact) mass is 185 g/mol. The smallest absolute Gasteiger partial charge is 0.237 e. The molecule has 0 aromatic carbocycles. The van der Waals surface area contributed by atoms with E-state index in [1.54, 1.807) is 0 Å². The van der Waals surface area contributed by atoms with E-state index in [2.05, 4.69) is 5.32 Å². The molecular weight excluding hydrogens is 174 g/mol. The average Bonchev–Trinajstić information content (AvgIpc) is 2.13. The number of amides is 3. The molecule has 0 aromatic rings. The van der Waals surface area contributed by atoms with Gasteiger partial charge in [-0.15, -0.1) is 0 Å². The third kappa shape index (κ3) is 2.73. The molecule has 0 aliphatic carbocycles. The number of nitrogens with zero attached hydrogens (tertiary/aromatic N) is 1. The van der Waals surface area contributed by atoms with Crippen LogP contribution >= 0.6 is 0 Å². The lowest BCUT2D eigenvalue weighted by Gasteiger charge is -2.16. The van der Waals surface area contributed by atoms with Crippen molar-refractivity contribution in [3.63, 3.8) is 0 Å². The van der Waals surface area contributed by atoms with Gasteiger partial charge < -0.3 is 16.0 Å². The van der Waals surface area contributed by atoms with Gasteiger partial charge in [0, 0.05) is 13.1 Å². The molecule has 72 valence electrons. The fourth-order valence-corrected chi connectivity index (χ4v) is 1.12. The summed E-state index contributed by atoms with van der Waals surface area (Å²) in [4.78, 5) is 33.9. The zero-order valence-electron chi connectivity index (χ0n) is 7.08. The van der Waals surface area contributed by atoms with Gasteiger partial charge in [0.05, 0.1) is 6.54 Å². The van der Waals surface area contributed by atoms with Gasteiger partial charge in [0.2, 0.25) is 17.7 Å². The Morgan fingerprint density at radius 2 is 2.23 bits per heavy atom. The lowest BCUT2D eigenvalue weighted by atomic mass is 10.3. The van der Waals surface area contributed by atoms with E-state index in [0.717, 1.165) is 0 Å². The van der Waals surface area contributed by atoms with Crippen LogP contribution < -0.4 is 11.1 Å². The predicted octanol–water partition coefficient (Wildman–Crippen LogP) is -2.18. The molecule has 0 unspecified atom stereocenters. The highest BCUT2D eigenvalue weighted by Gasteiger charge is 2.21. The van der Waals surface area contributed by atoms with E-state index in [1.165, 1.54) is 4.90 Å². The van der Waals surface area contributed by atoms with Crippen molar-refractivity contribution in [3.8, 4) is 0 Å². The second-order valence-corrected chi connectivity index (χ2v) is 2.81. The molecule has 1 fully saturated rings. The van der Waals surface area contributed by atoms with Gasteiger partial charge >= 0.3 is 0 Å². The Morgan fingerprint density at radius 1 is 1.54 bits per heavy atom. The van der Waals surface area contributed by atoms with Crippen LogP contribution in [0.2, 0.25) is 0 Å². The summed E-state index contributed by atoms with van der Waals surface area (Å²) in [6, 6.07) is 0. The minimum atomic E-state index is -0.567. The second-order valence-electron chi connectivity index (χ2n) is 2.81. The molecule has 0 aromatic heterocycles. The van der Waals surface area contributed by atoms with Crippen molar-refractivity contribution < 1.29 is 14.4 Å². The second kappa shape index (κ2) is 3.88. The number of nitrogens with one attached hydrogen (secondary N) is 1. The number of carbonyl (C=O) groups is 3. The van der Waals surface area contributed by atoms with Gasteiger partial charge in [0.15, 0.2) is 0 Å². The Kier molecular flexibility index (Phi) is 2.84. The van der Waals surface area contributed by atoms with Crippen LogP contribution in [0.3, 0.4) is 0 Å². The molecule has 0 bridgehead atoms. The van der Waals surface area contributed by atoms with Crippen LogP contribution in [-0.2, 0) is 14.4 Å². The van der Waals surface area contributed by atoms with E-state index in [9.17, 15) is 14.4 Å². The van der Waals surface area contributed by atoms with Crippen LogP contribution in [0.1, 0.15) is 6.42 Å². The first-order chi connectivity index (χ1) is 6.09. The maximum Gasteiger partial charge on any atom is 0.237 e. The third-order valence-electron chi connectivity index (χ3n) is 1.72. The zero-order valence-corrected chi connectivity index (χ0v) is 7.08. The maximum atomic E-state index is 11.2. The van der Waals surface area contributed by atoms with Crippen molar-refractivity contribution in [2.45, 2.75) is 6.42 Å². The molecule has 1 aliphatic heterocycles. The summed E-state index contributed by atoms with van der Waals surface area (Å²) in [7, 11) is 0. The summed E-state index contributed by atoms with van der Waals surface area (Å²) in [6.07, 6.45) is -0.201. The molecule has 0 radical (unpaired) electrons. The largest absolute Gasteiger partial charge is 0.368 e. The summed E-state index contributed by atoms with van der Waals surface area (Å²) in [5.74, 6) is -1.23. The van der Waals surface area contributed by atoms with E-state index in [4.69, 9.17) is 5.73 Å². The number of carbonyl (C=O) groups excluding carboxylic acids is 3. The van der Waals surface area contributed by atoms with Crippen LogP contribution in [0, 0.1) is 0 Å². The van der Waals surface area contributed by atoms with Gasteiger partial charge in [-0.1, -0.05) is 0 Å². The molecule has 0 saturated carbocycles. The summed E-state index contributed by atoms with van der Waals surface area (Å²) < 4.78 is 0. The Morgan fingerprint density at radius 3 is 2.85 bits per heavy atom. The van der Waals surface area contributed by atoms with E-state index >= 15 is 0 Å². The molecule has 1 heterocycles.